The first-order valence-corrected chi connectivity index (χ1v) is 6.16. The fraction of sp³-hybridized carbons (Fsp3) is 0.538. The van der Waals surface area contributed by atoms with E-state index in [2.05, 4.69) is 0 Å². The van der Waals surface area contributed by atoms with Crippen molar-refractivity contribution in [2.24, 2.45) is 0 Å². The zero-order valence-electron chi connectivity index (χ0n) is 10.4. The lowest BCUT2D eigenvalue weighted by atomic mass is 10.1. The van der Waals surface area contributed by atoms with E-state index < -0.39 is 4.92 Å². The first-order valence-electron chi connectivity index (χ1n) is 6.16. The van der Waals surface area contributed by atoms with Crippen molar-refractivity contribution in [1.29, 1.82) is 0 Å². The molecule has 1 atom stereocenters. The molecule has 0 amide bonds. The Balaban J connectivity index is 2.03. The third-order valence-corrected chi connectivity index (χ3v) is 3.01. The third kappa shape index (κ3) is 3.20. The van der Waals surface area contributed by atoms with Gasteiger partial charge in [-0.3, -0.25) is 10.1 Å². The van der Waals surface area contributed by atoms with Gasteiger partial charge in [-0.05, 0) is 37.8 Å². The summed E-state index contributed by atoms with van der Waals surface area (Å²) in [6, 6.07) is 4.88. The molecule has 5 heteroatoms. The van der Waals surface area contributed by atoms with Gasteiger partial charge in [0, 0.05) is 12.7 Å². The Morgan fingerprint density at radius 3 is 3.00 bits per heavy atom. The molecule has 1 heterocycles. The van der Waals surface area contributed by atoms with Crippen LogP contribution in [0, 0.1) is 17.0 Å². The molecule has 1 aliphatic heterocycles. The monoisotopic (exact) mass is 251 g/mol. The maximum Gasteiger partial charge on any atom is 0.310 e. The molecule has 0 spiro atoms. The van der Waals surface area contributed by atoms with E-state index >= 15 is 0 Å². The molecule has 1 unspecified atom stereocenters. The predicted octanol–water partition coefficient (Wildman–Crippen LogP) is 2.85. The summed E-state index contributed by atoms with van der Waals surface area (Å²) in [5.74, 6) is 0.328. The molecule has 0 saturated carbocycles. The minimum atomic E-state index is -0.420. The van der Waals surface area contributed by atoms with Crippen LogP contribution in [0.4, 0.5) is 5.69 Å². The van der Waals surface area contributed by atoms with Crippen molar-refractivity contribution < 1.29 is 14.4 Å². The van der Waals surface area contributed by atoms with Gasteiger partial charge >= 0.3 is 5.69 Å². The van der Waals surface area contributed by atoms with Crippen LogP contribution in [0.15, 0.2) is 18.2 Å². The molecule has 18 heavy (non-hydrogen) atoms. The molecule has 1 aliphatic rings. The lowest BCUT2D eigenvalue weighted by molar-refractivity contribution is -0.386. The van der Waals surface area contributed by atoms with Crippen molar-refractivity contribution in [3.05, 3.63) is 33.9 Å². The summed E-state index contributed by atoms with van der Waals surface area (Å²) in [5.41, 5.74) is 0.955. The molecule has 1 aromatic rings. The normalized spacial score (nSPS) is 19.5. The molecular formula is C13H17NO4. The molecule has 2 rings (SSSR count). The second-order valence-electron chi connectivity index (χ2n) is 4.53. The summed E-state index contributed by atoms with van der Waals surface area (Å²) in [5, 5.41) is 10.9. The van der Waals surface area contributed by atoms with Gasteiger partial charge in [0.2, 0.25) is 0 Å². The van der Waals surface area contributed by atoms with Crippen molar-refractivity contribution in [2.45, 2.75) is 32.3 Å². The quantitative estimate of drug-likeness (QED) is 0.609. The summed E-state index contributed by atoms with van der Waals surface area (Å²) in [4.78, 5) is 10.5. The van der Waals surface area contributed by atoms with Crippen molar-refractivity contribution in [1.82, 2.24) is 0 Å². The smallest absolute Gasteiger partial charge is 0.310 e. The van der Waals surface area contributed by atoms with Crippen molar-refractivity contribution >= 4 is 5.69 Å². The summed E-state index contributed by atoms with van der Waals surface area (Å²) >= 11 is 0. The molecule has 0 radical (unpaired) electrons. The van der Waals surface area contributed by atoms with Crippen LogP contribution >= 0.6 is 0 Å². The van der Waals surface area contributed by atoms with Gasteiger partial charge in [0.05, 0.1) is 11.0 Å². The highest BCUT2D eigenvalue weighted by molar-refractivity contribution is 5.48. The number of nitrogens with zero attached hydrogens (tertiary/aromatic N) is 1. The molecule has 1 fully saturated rings. The van der Waals surface area contributed by atoms with E-state index in [1.54, 1.807) is 12.1 Å². The highest BCUT2D eigenvalue weighted by Gasteiger charge is 2.19. The van der Waals surface area contributed by atoms with E-state index in [0.717, 1.165) is 31.4 Å². The first-order chi connectivity index (χ1) is 8.66. The van der Waals surface area contributed by atoms with Crippen molar-refractivity contribution in [3.8, 4) is 5.75 Å². The second-order valence-corrected chi connectivity index (χ2v) is 4.53. The van der Waals surface area contributed by atoms with Crippen LogP contribution in [0.3, 0.4) is 0 Å². The summed E-state index contributed by atoms with van der Waals surface area (Å²) in [6.45, 7) is 3.02. The van der Waals surface area contributed by atoms with Crippen LogP contribution in [0.2, 0.25) is 0 Å². The Bertz CT molecular complexity index is 427. The Labute approximate surface area is 106 Å². The van der Waals surface area contributed by atoms with Gasteiger partial charge in [0.25, 0.3) is 0 Å². The predicted molar refractivity (Wildman–Crippen MR) is 66.9 cm³/mol. The minimum absolute atomic E-state index is 0.0106. The Morgan fingerprint density at radius 2 is 2.33 bits per heavy atom. The molecule has 0 N–H and O–H groups in total. The first kappa shape index (κ1) is 12.8. The van der Waals surface area contributed by atoms with E-state index in [0.29, 0.717) is 12.4 Å². The lowest BCUT2D eigenvalue weighted by Gasteiger charge is -2.22. The third-order valence-electron chi connectivity index (χ3n) is 3.01. The molecule has 98 valence electrons. The number of nitro benzene ring substituents is 1. The summed E-state index contributed by atoms with van der Waals surface area (Å²) in [7, 11) is 0. The molecule has 1 aromatic carbocycles. The maximum absolute atomic E-state index is 10.9. The van der Waals surface area contributed by atoms with Crippen LogP contribution in [0.1, 0.15) is 24.8 Å². The molecule has 5 nitrogen and oxygen atoms in total. The van der Waals surface area contributed by atoms with Crippen LogP contribution in [-0.4, -0.2) is 24.2 Å². The topological polar surface area (TPSA) is 61.6 Å². The van der Waals surface area contributed by atoms with Gasteiger partial charge in [-0.15, -0.1) is 0 Å². The zero-order valence-corrected chi connectivity index (χ0v) is 10.4. The highest BCUT2D eigenvalue weighted by atomic mass is 16.6. The number of rotatable bonds is 4. The van der Waals surface area contributed by atoms with E-state index in [-0.39, 0.29) is 11.8 Å². The molecular weight excluding hydrogens is 234 g/mol. The maximum atomic E-state index is 10.9. The zero-order chi connectivity index (χ0) is 13.0. The standard InChI is InChI=1S/C13H17NO4/c1-10-5-6-12(14(15)16)13(8-10)18-9-11-4-2-3-7-17-11/h5-6,8,11H,2-4,7,9H2,1H3. The largest absolute Gasteiger partial charge is 0.484 e. The highest BCUT2D eigenvalue weighted by Crippen LogP contribution is 2.28. The Morgan fingerprint density at radius 1 is 1.50 bits per heavy atom. The average molecular weight is 251 g/mol. The van der Waals surface area contributed by atoms with Gasteiger partial charge in [0.15, 0.2) is 5.75 Å². The number of hydrogen-bond donors (Lipinski definition) is 0. The fourth-order valence-electron chi connectivity index (χ4n) is 2.01. The van der Waals surface area contributed by atoms with Gasteiger partial charge in [-0.2, -0.15) is 0 Å². The fourth-order valence-corrected chi connectivity index (χ4v) is 2.01. The van der Waals surface area contributed by atoms with Crippen LogP contribution in [0.5, 0.6) is 5.75 Å². The van der Waals surface area contributed by atoms with Crippen molar-refractivity contribution in [3.63, 3.8) is 0 Å². The minimum Gasteiger partial charge on any atom is -0.484 e. The van der Waals surface area contributed by atoms with E-state index in [1.807, 2.05) is 6.92 Å². The number of ether oxygens (including phenoxy) is 2. The Hall–Kier alpha value is -1.62. The second kappa shape index (κ2) is 5.82. The number of hydrogen-bond acceptors (Lipinski definition) is 4. The molecule has 0 aromatic heterocycles. The van der Waals surface area contributed by atoms with E-state index in [1.165, 1.54) is 6.07 Å². The lowest BCUT2D eigenvalue weighted by Crippen LogP contribution is -2.25. The van der Waals surface area contributed by atoms with Crippen molar-refractivity contribution in [2.75, 3.05) is 13.2 Å². The number of benzene rings is 1. The molecule has 1 saturated heterocycles. The molecule has 0 aliphatic carbocycles. The number of nitro groups is 1. The van der Waals surface area contributed by atoms with E-state index in [4.69, 9.17) is 9.47 Å². The SMILES string of the molecule is Cc1ccc([N+](=O)[O-])c(OCC2CCCCO2)c1. The van der Waals surface area contributed by atoms with Gasteiger partial charge < -0.3 is 9.47 Å². The van der Waals surface area contributed by atoms with Gasteiger partial charge in [0.1, 0.15) is 6.61 Å². The Kier molecular flexibility index (Phi) is 4.15. The van der Waals surface area contributed by atoms with Crippen LogP contribution in [0.25, 0.3) is 0 Å². The summed E-state index contributed by atoms with van der Waals surface area (Å²) < 4.78 is 11.1. The van der Waals surface area contributed by atoms with E-state index in [9.17, 15) is 10.1 Å². The number of aryl methyl sites for hydroxylation is 1. The molecule has 0 bridgehead atoms. The average Bonchev–Trinajstić information content (AvgIpc) is 2.37. The van der Waals surface area contributed by atoms with Gasteiger partial charge in [-0.1, -0.05) is 6.07 Å². The van der Waals surface area contributed by atoms with Crippen LogP contribution < -0.4 is 4.74 Å². The van der Waals surface area contributed by atoms with Gasteiger partial charge in [-0.25, -0.2) is 0 Å². The van der Waals surface area contributed by atoms with Crippen LogP contribution in [-0.2, 0) is 4.74 Å². The summed E-state index contributed by atoms with van der Waals surface area (Å²) in [6.07, 6.45) is 3.23.